The molecule has 2 amide bonds. The Bertz CT molecular complexity index is 355. The van der Waals surface area contributed by atoms with Gasteiger partial charge < -0.3 is 22.1 Å². The summed E-state index contributed by atoms with van der Waals surface area (Å²) >= 11 is 0. The van der Waals surface area contributed by atoms with Gasteiger partial charge in [-0.15, -0.1) is 0 Å². The maximum atomic E-state index is 11.6. The molecule has 0 fully saturated rings. The van der Waals surface area contributed by atoms with Crippen molar-refractivity contribution in [3.63, 3.8) is 0 Å². The van der Waals surface area contributed by atoms with Crippen molar-refractivity contribution >= 4 is 11.8 Å². The molecule has 0 rings (SSSR count). The fraction of sp³-hybridized carbons (Fsp3) is 0.917. The van der Waals surface area contributed by atoms with Crippen LogP contribution in [0.4, 0.5) is 0 Å². The van der Waals surface area contributed by atoms with E-state index in [0.717, 1.165) is 77.5 Å². The van der Waals surface area contributed by atoms with Crippen molar-refractivity contribution in [2.45, 2.75) is 116 Å². The summed E-state index contributed by atoms with van der Waals surface area (Å²) in [7, 11) is 0. The normalized spacial score (nSPS) is 10.9. The van der Waals surface area contributed by atoms with Crippen LogP contribution < -0.4 is 22.1 Å². The average Bonchev–Trinajstić information content (AvgIpc) is 2.74. The third-order valence-electron chi connectivity index (χ3n) is 5.46. The van der Waals surface area contributed by atoms with E-state index in [9.17, 15) is 9.59 Å². The predicted molar refractivity (Wildman–Crippen MR) is 127 cm³/mol. The number of rotatable bonds is 23. The van der Waals surface area contributed by atoms with E-state index in [0.29, 0.717) is 12.8 Å². The lowest BCUT2D eigenvalue weighted by atomic mass is 10.1. The van der Waals surface area contributed by atoms with E-state index >= 15 is 0 Å². The van der Waals surface area contributed by atoms with Gasteiger partial charge in [-0.2, -0.15) is 0 Å². The molecule has 0 radical (unpaired) electrons. The second-order valence-corrected chi connectivity index (χ2v) is 8.43. The molecular formula is C24H50N4O2. The van der Waals surface area contributed by atoms with Crippen molar-refractivity contribution in [2.24, 2.45) is 11.5 Å². The van der Waals surface area contributed by atoms with Crippen molar-refractivity contribution in [1.29, 1.82) is 0 Å². The van der Waals surface area contributed by atoms with E-state index < -0.39 is 0 Å². The smallest absolute Gasteiger partial charge is 0.219 e. The van der Waals surface area contributed by atoms with E-state index in [-0.39, 0.29) is 11.8 Å². The zero-order valence-electron chi connectivity index (χ0n) is 19.5. The molecule has 6 heteroatoms. The standard InChI is InChI=1S/C24H50N4O2/c25-19-13-9-11-17-23(29)27-21-15-7-5-3-1-2-4-6-8-16-22-28-24(30)18-12-10-14-20-26/h1-22,25-26H2,(H,27,29)(H,28,30). The van der Waals surface area contributed by atoms with Crippen LogP contribution in [-0.4, -0.2) is 38.0 Å². The van der Waals surface area contributed by atoms with Gasteiger partial charge in [0.25, 0.3) is 0 Å². The van der Waals surface area contributed by atoms with E-state index in [1.807, 2.05) is 0 Å². The summed E-state index contributed by atoms with van der Waals surface area (Å²) in [5.74, 6) is 0.378. The van der Waals surface area contributed by atoms with Crippen molar-refractivity contribution in [1.82, 2.24) is 10.6 Å². The maximum Gasteiger partial charge on any atom is 0.219 e. The summed E-state index contributed by atoms with van der Waals surface area (Å²) in [6.07, 6.45) is 19.7. The summed E-state index contributed by atoms with van der Waals surface area (Å²) in [5, 5.41) is 6.03. The minimum atomic E-state index is 0.189. The van der Waals surface area contributed by atoms with Gasteiger partial charge in [-0.05, 0) is 51.6 Å². The van der Waals surface area contributed by atoms with Gasteiger partial charge in [-0.25, -0.2) is 0 Å². The van der Waals surface area contributed by atoms with Gasteiger partial charge >= 0.3 is 0 Å². The van der Waals surface area contributed by atoms with E-state index in [1.165, 1.54) is 51.4 Å². The summed E-state index contributed by atoms with van der Waals surface area (Å²) in [5.41, 5.74) is 10.9. The van der Waals surface area contributed by atoms with Gasteiger partial charge in [-0.1, -0.05) is 64.2 Å². The molecule has 0 aliphatic carbocycles. The van der Waals surface area contributed by atoms with Gasteiger partial charge in [0.15, 0.2) is 0 Å². The van der Waals surface area contributed by atoms with Crippen LogP contribution in [0.2, 0.25) is 0 Å². The second-order valence-electron chi connectivity index (χ2n) is 8.43. The van der Waals surface area contributed by atoms with Crippen LogP contribution in [0.15, 0.2) is 0 Å². The zero-order valence-corrected chi connectivity index (χ0v) is 19.5. The SMILES string of the molecule is NCCCCCC(=O)NCCCCCCCCCCCCNC(=O)CCCCCN. The van der Waals surface area contributed by atoms with Crippen molar-refractivity contribution in [3.8, 4) is 0 Å². The first-order chi connectivity index (χ1) is 14.7. The van der Waals surface area contributed by atoms with Crippen molar-refractivity contribution in [2.75, 3.05) is 26.2 Å². The molecule has 0 aromatic carbocycles. The minimum absolute atomic E-state index is 0.189. The Balaban J connectivity index is 3.17. The molecule has 0 aromatic rings. The Hall–Kier alpha value is -1.14. The molecule has 0 atom stereocenters. The molecule has 30 heavy (non-hydrogen) atoms. The highest BCUT2D eigenvalue weighted by molar-refractivity contribution is 5.76. The molecule has 178 valence electrons. The summed E-state index contributed by atoms with van der Waals surface area (Å²) in [6, 6.07) is 0. The predicted octanol–water partition coefficient (Wildman–Crippen LogP) is 4.16. The van der Waals surface area contributed by atoms with Crippen LogP contribution in [-0.2, 0) is 9.59 Å². The zero-order chi connectivity index (χ0) is 22.1. The van der Waals surface area contributed by atoms with E-state index in [1.54, 1.807) is 0 Å². The first kappa shape index (κ1) is 28.9. The summed E-state index contributed by atoms with van der Waals surface area (Å²) in [4.78, 5) is 23.3. The van der Waals surface area contributed by atoms with Gasteiger partial charge in [0.05, 0.1) is 0 Å². The molecular weight excluding hydrogens is 376 g/mol. The number of nitrogens with one attached hydrogen (secondary N) is 2. The lowest BCUT2D eigenvalue weighted by molar-refractivity contribution is -0.122. The Morgan fingerprint density at radius 1 is 0.433 bits per heavy atom. The molecule has 6 nitrogen and oxygen atoms in total. The third kappa shape index (κ3) is 23.1. The fourth-order valence-corrected chi connectivity index (χ4v) is 3.51. The highest BCUT2D eigenvalue weighted by Gasteiger charge is 2.01. The molecule has 0 saturated carbocycles. The summed E-state index contributed by atoms with van der Waals surface area (Å²) < 4.78 is 0. The van der Waals surface area contributed by atoms with Crippen LogP contribution in [0.5, 0.6) is 0 Å². The monoisotopic (exact) mass is 426 g/mol. The lowest BCUT2D eigenvalue weighted by Gasteiger charge is -2.06. The number of carbonyl (C=O) groups is 2. The van der Waals surface area contributed by atoms with Crippen LogP contribution in [0.1, 0.15) is 116 Å². The van der Waals surface area contributed by atoms with Gasteiger partial charge in [0.2, 0.25) is 11.8 Å². The molecule has 0 spiro atoms. The highest BCUT2D eigenvalue weighted by atomic mass is 16.2. The number of amides is 2. The summed E-state index contributed by atoms with van der Waals surface area (Å²) in [6.45, 7) is 3.08. The third-order valence-corrected chi connectivity index (χ3v) is 5.46. The van der Waals surface area contributed by atoms with E-state index in [2.05, 4.69) is 10.6 Å². The molecule has 0 aromatic heterocycles. The van der Waals surface area contributed by atoms with Crippen LogP contribution >= 0.6 is 0 Å². The topological polar surface area (TPSA) is 110 Å². The fourth-order valence-electron chi connectivity index (χ4n) is 3.51. The van der Waals surface area contributed by atoms with Crippen LogP contribution in [0.25, 0.3) is 0 Å². The number of hydrogen-bond acceptors (Lipinski definition) is 4. The molecule has 0 aliphatic rings. The van der Waals surface area contributed by atoms with Crippen LogP contribution in [0, 0.1) is 0 Å². The molecule has 0 aliphatic heterocycles. The van der Waals surface area contributed by atoms with E-state index in [4.69, 9.17) is 11.5 Å². The van der Waals surface area contributed by atoms with Crippen molar-refractivity contribution in [3.05, 3.63) is 0 Å². The Morgan fingerprint density at radius 2 is 0.733 bits per heavy atom. The van der Waals surface area contributed by atoms with Gasteiger partial charge in [0, 0.05) is 25.9 Å². The Morgan fingerprint density at radius 3 is 1.07 bits per heavy atom. The van der Waals surface area contributed by atoms with Crippen LogP contribution in [0.3, 0.4) is 0 Å². The highest BCUT2D eigenvalue weighted by Crippen LogP contribution is 2.10. The number of hydrogen-bond donors (Lipinski definition) is 4. The lowest BCUT2D eigenvalue weighted by Crippen LogP contribution is -2.24. The molecule has 0 saturated heterocycles. The molecule has 6 N–H and O–H groups in total. The Labute approximate surface area is 185 Å². The van der Waals surface area contributed by atoms with Crippen molar-refractivity contribution < 1.29 is 9.59 Å². The first-order valence-corrected chi connectivity index (χ1v) is 12.6. The Kier molecular flexibility index (Phi) is 23.2. The maximum absolute atomic E-state index is 11.6. The average molecular weight is 427 g/mol. The largest absolute Gasteiger partial charge is 0.356 e. The number of nitrogens with two attached hydrogens (primary N) is 2. The quantitative estimate of drug-likeness (QED) is 0.184. The second kappa shape index (κ2) is 24.1. The molecule has 0 bridgehead atoms. The van der Waals surface area contributed by atoms with Gasteiger partial charge in [0.1, 0.15) is 0 Å². The molecule has 0 unspecified atom stereocenters. The minimum Gasteiger partial charge on any atom is -0.356 e. The first-order valence-electron chi connectivity index (χ1n) is 12.6. The number of unbranched alkanes of at least 4 members (excludes halogenated alkanes) is 13. The number of carbonyl (C=O) groups excluding carboxylic acids is 2. The molecule has 0 heterocycles. The van der Waals surface area contributed by atoms with Gasteiger partial charge in [-0.3, -0.25) is 9.59 Å².